The third-order valence-corrected chi connectivity index (χ3v) is 1.64. The zero-order valence-electron chi connectivity index (χ0n) is 7.02. The van der Waals surface area contributed by atoms with Gasteiger partial charge in [0.25, 0.3) is 6.43 Å². The molecule has 1 heterocycles. The van der Waals surface area contributed by atoms with E-state index in [0.717, 1.165) is 6.07 Å². The van der Waals surface area contributed by atoms with Gasteiger partial charge in [0.15, 0.2) is 0 Å². The van der Waals surface area contributed by atoms with Crippen LogP contribution in [0.2, 0.25) is 0 Å². The molecule has 0 aliphatic carbocycles. The summed E-state index contributed by atoms with van der Waals surface area (Å²) < 4.78 is 37.4. The number of aryl methyl sites for hydroxylation is 1. The number of aromatic nitrogens is 1. The van der Waals surface area contributed by atoms with Crippen LogP contribution >= 0.6 is 0 Å². The zero-order valence-corrected chi connectivity index (χ0v) is 7.02. The molecule has 13 heavy (non-hydrogen) atoms. The largest absolute Gasteiger partial charge is 0.325 e. The minimum atomic E-state index is -2.69. The van der Waals surface area contributed by atoms with Gasteiger partial charge in [-0.15, -0.1) is 0 Å². The summed E-state index contributed by atoms with van der Waals surface area (Å²) in [4.78, 5) is 3.40. The molecule has 0 aromatic carbocycles. The van der Waals surface area contributed by atoms with E-state index in [1.54, 1.807) is 0 Å². The second-order valence-corrected chi connectivity index (χ2v) is 2.63. The van der Waals surface area contributed by atoms with Gasteiger partial charge in [-0.25, -0.2) is 18.2 Å². The van der Waals surface area contributed by atoms with Crippen LogP contribution in [0.15, 0.2) is 6.07 Å². The summed E-state index contributed by atoms with van der Waals surface area (Å²) >= 11 is 0. The molecular weight excluding hydrogens is 181 g/mol. The molecule has 0 aliphatic rings. The Morgan fingerprint density at radius 1 is 1.54 bits per heavy atom. The molecule has 0 spiro atoms. The van der Waals surface area contributed by atoms with E-state index in [-0.39, 0.29) is 17.8 Å². The summed E-state index contributed by atoms with van der Waals surface area (Å²) in [6, 6.07) is 1.03. The molecule has 0 radical (unpaired) electrons. The lowest BCUT2D eigenvalue weighted by atomic mass is 10.2. The van der Waals surface area contributed by atoms with E-state index < -0.39 is 17.9 Å². The van der Waals surface area contributed by atoms with Crippen molar-refractivity contribution in [2.24, 2.45) is 5.73 Å². The lowest BCUT2D eigenvalue weighted by Gasteiger charge is -2.05. The Morgan fingerprint density at radius 2 is 2.15 bits per heavy atom. The Labute approximate surface area is 73.6 Å². The first kappa shape index (κ1) is 9.98. The van der Waals surface area contributed by atoms with Crippen LogP contribution in [0.4, 0.5) is 13.2 Å². The fourth-order valence-electron chi connectivity index (χ4n) is 0.997. The molecule has 2 N–H and O–H groups in total. The van der Waals surface area contributed by atoms with Crippen molar-refractivity contribution in [3.8, 4) is 0 Å². The van der Waals surface area contributed by atoms with Gasteiger partial charge in [0, 0.05) is 6.54 Å². The second kappa shape index (κ2) is 3.74. The average Bonchev–Trinajstić information content (AvgIpc) is 2.09. The Kier molecular flexibility index (Phi) is 2.87. The van der Waals surface area contributed by atoms with Crippen LogP contribution in [0.5, 0.6) is 0 Å². The first-order chi connectivity index (χ1) is 6.06. The van der Waals surface area contributed by atoms with Crippen LogP contribution in [-0.4, -0.2) is 4.98 Å². The van der Waals surface area contributed by atoms with E-state index in [9.17, 15) is 13.2 Å². The molecule has 0 bridgehead atoms. The third-order valence-electron chi connectivity index (χ3n) is 1.64. The van der Waals surface area contributed by atoms with E-state index in [2.05, 4.69) is 4.98 Å². The van der Waals surface area contributed by atoms with Gasteiger partial charge in [-0.05, 0) is 18.6 Å². The van der Waals surface area contributed by atoms with Gasteiger partial charge in [0.05, 0.1) is 5.69 Å². The minimum Gasteiger partial charge on any atom is -0.325 e. The number of rotatable bonds is 2. The summed E-state index contributed by atoms with van der Waals surface area (Å²) in [6.45, 7) is 1.23. The normalized spacial score (nSPS) is 10.9. The van der Waals surface area contributed by atoms with Crippen molar-refractivity contribution in [2.75, 3.05) is 0 Å². The SMILES string of the molecule is Cc1cc(C(F)F)nc(CN)c1F. The summed E-state index contributed by atoms with van der Waals surface area (Å²) in [5.74, 6) is -0.605. The number of alkyl halides is 2. The molecule has 0 aliphatic heterocycles. The molecule has 0 amide bonds. The highest BCUT2D eigenvalue weighted by Gasteiger charge is 2.14. The first-order valence-corrected chi connectivity index (χ1v) is 3.70. The topological polar surface area (TPSA) is 38.9 Å². The minimum absolute atomic E-state index is 0.115. The quantitative estimate of drug-likeness (QED) is 0.773. The summed E-state index contributed by atoms with van der Waals surface area (Å²) in [5.41, 5.74) is 4.74. The van der Waals surface area contributed by atoms with Crippen LogP contribution in [0.25, 0.3) is 0 Å². The van der Waals surface area contributed by atoms with Crippen molar-refractivity contribution < 1.29 is 13.2 Å². The number of nitrogens with zero attached hydrogens (tertiary/aromatic N) is 1. The predicted molar refractivity (Wildman–Crippen MR) is 41.8 cm³/mol. The van der Waals surface area contributed by atoms with Gasteiger partial charge in [-0.1, -0.05) is 0 Å². The molecule has 0 saturated heterocycles. The number of pyridine rings is 1. The highest BCUT2D eigenvalue weighted by molar-refractivity contribution is 5.23. The molecule has 1 aromatic rings. The lowest BCUT2D eigenvalue weighted by molar-refractivity contribution is 0.145. The van der Waals surface area contributed by atoms with Gasteiger partial charge in [-0.2, -0.15) is 0 Å². The molecule has 1 aromatic heterocycles. The maximum Gasteiger partial charge on any atom is 0.280 e. The van der Waals surface area contributed by atoms with Gasteiger partial charge in [-0.3, -0.25) is 0 Å². The van der Waals surface area contributed by atoms with Crippen molar-refractivity contribution in [2.45, 2.75) is 19.9 Å². The molecule has 72 valence electrons. The highest BCUT2D eigenvalue weighted by Crippen LogP contribution is 2.20. The summed E-state index contributed by atoms with van der Waals surface area (Å²) in [6.07, 6.45) is -2.69. The molecule has 0 unspecified atom stereocenters. The maximum atomic E-state index is 13.1. The van der Waals surface area contributed by atoms with Crippen molar-refractivity contribution in [1.82, 2.24) is 4.98 Å². The maximum absolute atomic E-state index is 13.1. The Morgan fingerprint density at radius 3 is 2.62 bits per heavy atom. The smallest absolute Gasteiger partial charge is 0.280 e. The molecule has 2 nitrogen and oxygen atoms in total. The number of hydrogen-bond donors (Lipinski definition) is 1. The molecule has 0 saturated carbocycles. The van der Waals surface area contributed by atoms with Gasteiger partial charge >= 0.3 is 0 Å². The van der Waals surface area contributed by atoms with Crippen molar-refractivity contribution in [1.29, 1.82) is 0 Å². The average molecular weight is 190 g/mol. The fraction of sp³-hybridized carbons (Fsp3) is 0.375. The van der Waals surface area contributed by atoms with Crippen molar-refractivity contribution >= 4 is 0 Å². The van der Waals surface area contributed by atoms with Crippen LogP contribution in [0.1, 0.15) is 23.4 Å². The van der Waals surface area contributed by atoms with E-state index >= 15 is 0 Å². The van der Waals surface area contributed by atoms with Crippen molar-refractivity contribution in [3.05, 3.63) is 28.8 Å². The monoisotopic (exact) mass is 190 g/mol. The standard InChI is InChI=1S/C8H9F3N2/c1-4-2-5(8(10)11)13-6(3-12)7(4)9/h2,8H,3,12H2,1H3. The van der Waals surface area contributed by atoms with Crippen molar-refractivity contribution in [3.63, 3.8) is 0 Å². The van der Waals surface area contributed by atoms with E-state index in [0.29, 0.717) is 0 Å². The zero-order chi connectivity index (χ0) is 10.0. The van der Waals surface area contributed by atoms with Gasteiger partial charge in [0.2, 0.25) is 0 Å². The molecular formula is C8H9F3N2. The van der Waals surface area contributed by atoms with Gasteiger partial charge < -0.3 is 5.73 Å². The van der Waals surface area contributed by atoms with E-state index in [1.165, 1.54) is 6.92 Å². The summed E-state index contributed by atoms with van der Waals surface area (Å²) in [7, 11) is 0. The second-order valence-electron chi connectivity index (χ2n) is 2.63. The van der Waals surface area contributed by atoms with Crippen LogP contribution in [0, 0.1) is 12.7 Å². The number of halogens is 3. The van der Waals surface area contributed by atoms with Crippen LogP contribution < -0.4 is 5.73 Å². The van der Waals surface area contributed by atoms with Crippen LogP contribution in [-0.2, 0) is 6.54 Å². The Hall–Kier alpha value is -1.10. The molecule has 0 fully saturated rings. The highest BCUT2D eigenvalue weighted by atomic mass is 19.3. The van der Waals surface area contributed by atoms with Crippen LogP contribution in [0.3, 0.4) is 0 Å². The third kappa shape index (κ3) is 1.98. The molecule has 5 heteroatoms. The Balaban J connectivity index is 3.22. The number of nitrogens with two attached hydrogens (primary N) is 1. The van der Waals surface area contributed by atoms with E-state index in [1.807, 2.05) is 0 Å². The summed E-state index contributed by atoms with van der Waals surface area (Å²) in [5, 5.41) is 0. The molecule has 1 rings (SSSR count). The predicted octanol–water partition coefficient (Wildman–Crippen LogP) is 1.93. The first-order valence-electron chi connectivity index (χ1n) is 3.70. The molecule has 0 atom stereocenters. The fourth-order valence-corrected chi connectivity index (χ4v) is 0.997. The number of hydrogen-bond acceptors (Lipinski definition) is 2. The Bertz CT molecular complexity index is 313. The van der Waals surface area contributed by atoms with E-state index in [4.69, 9.17) is 5.73 Å². The lowest BCUT2D eigenvalue weighted by Crippen LogP contribution is -2.07. The van der Waals surface area contributed by atoms with Gasteiger partial charge in [0.1, 0.15) is 11.5 Å².